The molecule has 0 aromatic carbocycles. The molecule has 0 aromatic rings. The molecule has 0 aliphatic carbocycles. The van der Waals surface area contributed by atoms with Crippen LogP contribution in [-0.4, -0.2) is 55.0 Å². The summed E-state index contributed by atoms with van der Waals surface area (Å²) in [5.74, 6) is 0.0931. The van der Waals surface area contributed by atoms with Gasteiger partial charge in [0.15, 0.2) is 0 Å². The quantitative estimate of drug-likeness (QED) is 0.674. The van der Waals surface area contributed by atoms with Crippen LogP contribution >= 0.6 is 0 Å². The molecule has 1 heterocycles. The first-order chi connectivity index (χ1) is 6.82. The zero-order valence-electron chi connectivity index (χ0n) is 10.3. The van der Waals surface area contributed by atoms with Crippen molar-refractivity contribution in [2.45, 2.75) is 26.8 Å². The van der Waals surface area contributed by atoms with Crippen molar-refractivity contribution in [1.29, 1.82) is 0 Å². The normalized spacial score (nSPS) is 21.5. The zero-order valence-corrected chi connectivity index (χ0v) is 10.3. The Morgan fingerprint density at radius 2 is 1.67 bits per heavy atom. The summed E-state index contributed by atoms with van der Waals surface area (Å²) in [4.78, 5) is 16.1. The summed E-state index contributed by atoms with van der Waals surface area (Å²) in [5, 5.41) is 0. The predicted molar refractivity (Wildman–Crippen MR) is 61.5 cm³/mol. The van der Waals surface area contributed by atoms with Crippen molar-refractivity contribution in [2.75, 3.05) is 33.2 Å². The van der Waals surface area contributed by atoms with Crippen LogP contribution in [0.3, 0.4) is 0 Å². The Morgan fingerprint density at radius 1 is 1.20 bits per heavy atom. The summed E-state index contributed by atoms with van der Waals surface area (Å²) >= 11 is 0. The van der Waals surface area contributed by atoms with Gasteiger partial charge in [-0.3, -0.25) is 4.79 Å². The van der Waals surface area contributed by atoms with E-state index < -0.39 is 0 Å². The van der Waals surface area contributed by atoms with Crippen molar-refractivity contribution >= 4 is 5.91 Å². The van der Waals surface area contributed by atoms with E-state index in [4.69, 9.17) is 5.73 Å². The number of amides is 1. The zero-order chi connectivity index (χ0) is 11.6. The Balaban J connectivity index is 2.54. The van der Waals surface area contributed by atoms with Gasteiger partial charge in [-0.25, -0.2) is 0 Å². The van der Waals surface area contributed by atoms with E-state index >= 15 is 0 Å². The summed E-state index contributed by atoms with van der Waals surface area (Å²) in [6.45, 7) is 9.52. The molecule has 0 radical (unpaired) electrons. The van der Waals surface area contributed by atoms with Crippen LogP contribution in [0, 0.1) is 5.41 Å². The topological polar surface area (TPSA) is 49.6 Å². The minimum absolute atomic E-state index is 0.0931. The molecule has 4 heteroatoms. The predicted octanol–water partition coefficient (Wildman–Crippen LogP) is 0.134. The summed E-state index contributed by atoms with van der Waals surface area (Å²) in [6, 6.07) is -0.388. The SMILES string of the molecule is CN1CCN(C(=O)[C@@H](N)C(C)(C)C)CC1. The van der Waals surface area contributed by atoms with E-state index in [0.717, 1.165) is 26.2 Å². The van der Waals surface area contributed by atoms with Gasteiger partial charge in [-0.05, 0) is 12.5 Å². The summed E-state index contributed by atoms with van der Waals surface area (Å²) in [6.07, 6.45) is 0. The number of hydrogen-bond donors (Lipinski definition) is 1. The van der Waals surface area contributed by atoms with Gasteiger partial charge in [-0.1, -0.05) is 20.8 Å². The first kappa shape index (κ1) is 12.5. The van der Waals surface area contributed by atoms with Gasteiger partial charge in [0.25, 0.3) is 0 Å². The number of rotatable bonds is 1. The van der Waals surface area contributed by atoms with Crippen LogP contribution in [0.25, 0.3) is 0 Å². The lowest BCUT2D eigenvalue weighted by atomic mass is 9.86. The number of nitrogens with two attached hydrogens (primary N) is 1. The van der Waals surface area contributed by atoms with Crippen LogP contribution in [0.15, 0.2) is 0 Å². The number of carbonyl (C=O) groups excluding carboxylic acids is 1. The number of nitrogens with zero attached hydrogens (tertiary/aromatic N) is 2. The number of likely N-dealkylation sites (N-methyl/N-ethyl adjacent to an activating group) is 1. The van der Waals surface area contributed by atoms with Crippen molar-refractivity contribution in [1.82, 2.24) is 9.80 Å². The Kier molecular flexibility index (Phi) is 3.73. The second-order valence-electron chi connectivity index (χ2n) is 5.47. The summed E-state index contributed by atoms with van der Waals surface area (Å²) in [7, 11) is 2.07. The lowest BCUT2D eigenvalue weighted by Crippen LogP contribution is -2.55. The monoisotopic (exact) mass is 213 g/mol. The first-order valence-electron chi connectivity index (χ1n) is 5.55. The maximum Gasteiger partial charge on any atom is 0.240 e. The summed E-state index contributed by atoms with van der Waals surface area (Å²) in [5.41, 5.74) is 5.80. The van der Waals surface area contributed by atoms with Crippen LogP contribution < -0.4 is 5.73 Å². The van der Waals surface area contributed by atoms with Crippen LogP contribution in [-0.2, 0) is 4.79 Å². The highest BCUT2D eigenvalue weighted by atomic mass is 16.2. The molecular weight excluding hydrogens is 190 g/mol. The van der Waals surface area contributed by atoms with Crippen molar-refractivity contribution < 1.29 is 4.79 Å². The molecule has 1 aliphatic rings. The fourth-order valence-corrected chi connectivity index (χ4v) is 1.59. The van der Waals surface area contributed by atoms with E-state index in [1.54, 1.807) is 0 Å². The molecule has 0 unspecified atom stereocenters. The highest BCUT2D eigenvalue weighted by Gasteiger charge is 2.31. The molecule has 0 aromatic heterocycles. The standard InChI is InChI=1S/C11H23N3O/c1-11(2,3)9(12)10(15)14-7-5-13(4)6-8-14/h9H,5-8,12H2,1-4H3/t9-/m1/s1. The highest BCUT2D eigenvalue weighted by molar-refractivity contribution is 5.82. The minimum Gasteiger partial charge on any atom is -0.339 e. The fraction of sp³-hybridized carbons (Fsp3) is 0.909. The Bertz CT molecular complexity index is 226. The molecule has 15 heavy (non-hydrogen) atoms. The molecule has 1 fully saturated rings. The number of hydrogen-bond acceptors (Lipinski definition) is 3. The van der Waals surface area contributed by atoms with Crippen molar-refractivity contribution in [3.05, 3.63) is 0 Å². The molecule has 1 atom stereocenters. The number of carbonyl (C=O) groups is 1. The van der Waals surface area contributed by atoms with Crippen LogP contribution in [0.5, 0.6) is 0 Å². The lowest BCUT2D eigenvalue weighted by molar-refractivity contribution is -0.136. The second kappa shape index (κ2) is 4.49. The van der Waals surface area contributed by atoms with E-state index in [9.17, 15) is 4.79 Å². The molecule has 1 amide bonds. The third kappa shape index (κ3) is 3.18. The molecule has 4 nitrogen and oxygen atoms in total. The van der Waals surface area contributed by atoms with Crippen molar-refractivity contribution in [3.63, 3.8) is 0 Å². The van der Waals surface area contributed by atoms with Gasteiger partial charge in [-0.15, -0.1) is 0 Å². The Morgan fingerprint density at radius 3 is 2.07 bits per heavy atom. The molecule has 0 bridgehead atoms. The van der Waals surface area contributed by atoms with E-state index in [2.05, 4.69) is 11.9 Å². The third-order valence-electron chi connectivity index (χ3n) is 3.01. The van der Waals surface area contributed by atoms with Gasteiger partial charge in [-0.2, -0.15) is 0 Å². The third-order valence-corrected chi connectivity index (χ3v) is 3.01. The molecule has 1 rings (SSSR count). The van der Waals surface area contributed by atoms with Gasteiger partial charge in [0.2, 0.25) is 5.91 Å². The van der Waals surface area contributed by atoms with E-state index in [1.165, 1.54) is 0 Å². The maximum atomic E-state index is 12.0. The molecule has 0 spiro atoms. The highest BCUT2D eigenvalue weighted by Crippen LogP contribution is 2.19. The van der Waals surface area contributed by atoms with Crippen molar-refractivity contribution in [3.8, 4) is 0 Å². The lowest BCUT2D eigenvalue weighted by Gasteiger charge is -2.36. The maximum absolute atomic E-state index is 12.0. The molecule has 0 saturated carbocycles. The molecule has 2 N–H and O–H groups in total. The largest absolute Gasteiger partial charge is 0.339 e. The fourth-order valence-electron chi connectivity index (χ4n) is 1.59. The van der Waals surface area contributed by atoms with Gasteiger partial charge in [0.05, 0.1) is 6.04 Å². The Labute approximate surface area is 92.4 Å². The molecule has 1 aliphatic heterocycles. The van der Waals surface area contributed by atoms with E-state index in [-0.39, 0.29) is 17.4 Å². The summed E-state index contributed by atoms with van der Waals surface area (Å²) < 4.78 is 0. The number of piperazine rings is 1. The van der Waals surface area contributed by atoms with Crippen LogP contribution in [0.4, 0.5) is 0 Å². The first-order valence-corrected chi connectivity index (χ1v) is 5.55. The van der Waals surface area contributed by atoms with Gasteiger partial charge in [0, 0.05) is 26.2 Å². The Hall–Kier alpha value is -0.610. The minimum atomic E-state index is -0.388. The van der Waals surface area contributed by atoms with E-state index in [1.807, 2.05) is 25.7 Å². The van der Waals surface area contributed by atoms with Crippen LogP contribution in [0.1, 0.15) is 20.8 Å². The average molecular weight is 213 g/mol. The smallest absolute Gasteiger partial charge is 0.240 e. The van der Waals surface area contributed by atoms with Crippen molar-refractivity contribution in [2.24, 2.45) is 11.1 Å². The van der Waals surface area contributed by atoms with Gasteiger partial charge < -0.3 is 15.5 Å². The van der Waals surface area contributed by atoms with Gasteiger partial charge >= 0.3 is 0 Å². The van der Waals surface area contributed by atoms with E-state index in [0.29, 0.717) is 0 Å². The average Bonchev–Trinajstić information content (AvgIpc) is 2.15. The van der Waals surface area contributed by atoms with Crippen LogP contribution in [0.2, 0.25) is 0 Å². The second-order valence-corrected chi connectivity index (χ2v) is 5.47. The molecule has 88 valence electrons. The molecule has 1 saturated heterocycles. The van der Waals surface area contributed by atoms with Gasteiger partial charge in [0.1, 0.15) is 0 Å². The molecular formula is C11H23N3O.